The third-order valence-electron chi connectivity index (χ3n) is 1.12. The summed E-state index contributed by atoms with van der Waals surface area (Å²) in [7, 11) is 0. The van der Waals surface area contributed by atoms with Gasteiger partial charge in [-0.05, 0) is 13.0 Å². The van der Waals surface area contributed by atoms with Gasteiger partial charge < -0.3 is 5.32 Å². The fraction of sp³-hybridized carbons (Fsp3) is 0.625. The molecule has 0 aliphatic heterocycles. The van der Waals surface area contributed by atoms with Crippen LogP contribution in [0, 0.1) is 0 Å². The largest absolute Gasteiger partial charge is 0.310 e. The number of hydrogen-bond donors (Lipinski definition) is 1. The molecular weight excluding hydrogens is 126 g/mol. The Morgan fingerprint density at radius 3 is 2.90 bits per heavy atom. The number of nitrogens with one attached hydrogen (secondary N) is 1. The molecular formula is C8H15NO. The van der Waals surface area contributed by atoms with Crippen LogP contribution >= 0.6 is 0 Å². The van der Waals surface area contributed by atoms with Crippen LogP contribution in [-0.2, 0) is 4.79 Å². The van der Waals surface area contributed by atoms with Crippen molar-refractivity contribution in [3.05, 3.63) is 12.7 Å². The van der Waals surface area contributed by atoms with Gasteiger partial charge in [0, 0.05) is 6.42 Å². The molecule has 2 heteroatoms. The standard InChI is InChI=1S/C8H15NO/c1-3-5-8(10)7-9-6-4-2/h3,9H,1,4-7H2,2H3. The van der Waals surface area contributed by atoms with E-state index in [1.54, 1.807) is 6.08 Å². The van der Waals surface area contributed by atoms with E-state index in [-0.39, 0.29) is 5.78 Å². The Morgan fingerprint density at radius 2 is 2.40 bits per heavy atom. The van der Waals surface area contributed by atoms with Crippen molar-refractivity contribution >= 4 is 5.78 Å². The van der Waals surface area contributed by atoms with E-state index in [1.165, 1.54) is 0 Å². The molecule has 1 N–H and O–H groups in total. The smallest absolute Gasteiger partial charge is 0.150 e. The second-order valence-corrected chi connectivity index (χ2v) is 2.21. The molecule has 0 radical (unpaired) electrons. The van der Waals surface area contributed by atoms with Gasteiger partial charge in [-0.1, -0.05) is 13.0 Å². The van der Waals surface area contributed by atoms with Crippen molar-refractivity contribution in [2.45, 2.75) is 19.8 Å². The molecule has 0 saturated carbocycles. The average molecular weight is 141 g/mol. The molecule has 0 saturated heterocycles. The van der Waals surface area contributed by atoms with E-state index in [9.17, 15) is 4.79 Å². The molecule has 0 amide bonds. The van der Waals surface area contributed by atoms with Crippen LogP contribution in [0.5, 0.6) is 0 Å². The molecule has 0 atom stereocenters. The van der Waals surface area contributed by atoms with E-state index >= 15 is 0 Å². The highest BCUT2D eigenvalue weighted by molar-refractivity contribution is 5.81. The summed E-state index contributed by atoms with van der Waals surface area (Å²) in [6, 6.07) is 0. The minimum atomic E-state index is 0.212. The Bertz CT molecular complexity index is 110. The summed E-state index contributed by atoms with van der Waals surface area (Å²) in [5, 5.41) is 3.02. The van der Waals surface area contributed by atoms with Gasteiger partial charge in [0.25, 0.3) is 0 Å². The lowest BCUT2D eigenvalue weighted by Gasteiger charge is -1.98. The number of carbonyl (C=O) groups is 1. The van der Waals surface area contributed by atoms with E-state index in [0.29, 0.717) is 13.0 Å². The summed E-state index contributed by atoms with van der Waals surface area (Å²) in [5.74, 6) is 0.212. The third kappa shape index (κ3) is 5.51. The van der Waals surface area contributed by atoms with Crippen LogP contribution in [0.2, 0.25) is 0 Å². The summed E-state index contributed by atoms with van der Waals surface area (Å²) in [6.07, 6.45) is 3.19. The molecule has 0 aromatic rings. The third-order valence-corrected chi connectivity index (χ3v) is 1.12. The Balaban J connectivity index is 3.13. The van der Waals surface area contributed by atoms with Gasteiger partial charge in [-0.15, -0.1) is 6.58 Å². The predicted octanol–water partition coefficient (Wildman–Crippen LogP) is 1.13. The first-order chi connectivity index (χ1) is 4.81. The van der Waals surface area contributed by atoms with Gasteiger partial charge in [-0.2, -0.15) is 0 Å². The number of hydrogen-bond acceptors (Lipinski definition) is 2. The molecule has 10 heavy (non-hydrogen) atoms. The van der Waals surface area contributed by atoms with Crippen LogP contribution in [0.4, 0.5) is 0 Å². The summed E-state index contributed by atoms with van der Waals surface area (Å²) in [5.41, 5.74) is 0. The summed E-state index contributed by atoms with van der Waals surface area (Å²) < 4.78 is 0. The Kier molecular flexibility index (Phi) is 6.08. The molecule has 0 bridgehead atoms. The minimum absolute atomic E-state index is 0.212. The monoisotopic (exact) mass is 141 g/mol. The van der Waals surface area contributed by atoms with Crippen molar-refractivity contribution in [1.29, 1.82) is 0 Å². The van der Waals surface area contributed by atoms with Gasteiger partial charge >= 0.3 is 0 Å². The summed E-state index contributed by atoms with van der Waals surface area (Å²) in [4.78, 5) is 10.8. The van der Waals surface area contributed by atoms with E-state index in [2.05, 4.69) is 18.8 Å². The zero-order chi connectivity index (χ0) is 7.82. The zero-order valence-corrected chi connectivity index (χ0v) is 6.52. The molecule has 58 valence electrons. The Labute approximate surface area is 62.3 Å². The molecule has 0 unspecified atom stereocenters. The molecule has 0 rings (SSSR count). The summed E-state index contributed by atoms with van der Waals surface area (Å²) >= 11 is 0. The highest BCUT2D eigenvalue weighted by Gasteiger charge is 1.95. The first-order valence-electron chi connectivity index (χ1n) is 3.64. The Morgan fingerprint density at radius 1 is 1.70 bits per heavy atom. The number of allylic oxidation sites excluding steroid dienone is 1. The summed E-state index contributed by atoms with van der Waals surface area (Å²) in [6.45, 7) is 6.96. The zero-order valence-electron chi connectivity index (χ0n) is 6.52. The maximum Gasteiger partial charge on any atom is 0.150 e. The van der Waals surface area contributed by atoms with Gasteiger partial charge in [-0.25, -0.2) is 0 Å². The van der Waals surface area contributed by atoms with E-state index in [4.69, 9.17) is 0 Å². The molecule has 0 heterocycles. The number of Topliss-reactive ketones (excluding diaryl/α,β-unsaturated/α-hetero) is 1. The van der Waals surface area contributed by atoms with Crippen molar-refractivity contribution in [2.75, 3.05) is 13.1 Å². The highest BCUT2D eigenvalue weighted by atomic mass is 16.1. The minimum Gasteiger partial charge on any atom is -0.310 e. The van der Waals surface area contributed by atoms with Crippen LogP contribution in [0.3, 0.4) is 0 Å². The van der Waals surface area contributed by atoms with Crippen LogP contribution in [0.1, 0.15) is 19.8 Å². The van der Waals surface area contributed by atoms with Crippen LogP contribution < -0.4 is 5.32 Å². The molecule has 0 fully saturated rings. The predicted molar refractivity (Wildman–Crippen MR) is 43.0 cm³/mol. The highest BCUT2D eigenvalue weighted by Crippen LogP contribution is 1.81. The van der Waals surface area contributed by atoms with E-state index < -0.39 is 0 Å². The maximum absolute atomic E-state index is 10.8. The fourth-order valence-corrected chi connectivity index (χ4v) is 0.638. The second kappa shape index (κ2) is 6.49. The van der Waals surface area contributed by atoms with Gasteiger partial charge in [0.15, 0.2) is 0 Å². The van der Waals surface area contributed by atoms with Gasteiger partial charge in [-0.3, -0.25) is 4.79 Å². The topological polar surface area (TPSA) is 29.1 Å². The molecule has 0 aliphatic rings. The normalized spacial score (nSPS) is 9.30. The lowest BCUT2D eigenvalue weighted by atomic mass is 10.3. The maximum atomic E-state index is 10.8. The lowest BCUT2D eigenvalue weighted by Crippen LogP contribution is -2.22. The average Bonchev–Trinajstić information content (AvgIpc) is 1.89. The Hall–Kier alpha value is -0.630. The van der Waals surface area contributed by atoms with Crippen LogP contribution in [0.25, 0.3) is 0 Å². The van der Waals surface area contributed by atoms with Gasteiger partial charge in [0.1, 0.15) is 5.78 Å². The second-order valence-electron chi connectivity index (χ2n) is 2.21. The van der Waals surface area contributed by atoms with Crippen molar-refractivity contribution in [3.8, 4) is 0 Å². The fourth-order valence-electron chi connectivity index (χ4n) is 0.638. The quantitative estimate of drug-likeness (QED) is 0.444. The van der Waals surface area contributed by atoms with E-state index in [0.717, 1.165) is 13.0 Å². The number of ketones is 1. The molecule has 0 aromatic carbocycles. The SMILES string of the molecule is C=CCC(=O)CNCCC. The van der Waals surface area contributed by atoms with Crippen molar-refractivity contribution in [1.82, 2.24) is 5.32 Å². The molecule has 0 aromatic heterocycles. The molecule has 0 aliphatic carbocycles. The number of carbonyl (C=O) groups excluding carboxylic acids is 1. The molecule has 0 spiro atoms. The first kappa shape index (κ1) is 9.37. The van der Waals surface area contributed by atoms with E-state index in [1.807, 2.05) is 0 Å². The number of rotatable bonds is 6. The first-order valence-corrected chi connectivity index (χ1v) is 3.64. The lowest BCUT2D eigenvalue weighted by molar-refractivity contribution is -0.117. The van der Waals surface area contributed by atoms with Crippen LogP contribution in [-0.4, -0.2) is 18.9 Å². The van der Waals surface area contributed by atoms with Crippen molar-refractivity contribution in [2.24, 2.45) is 0 Å². The van der Waals surface area contributed by atoms with Crippen molar-refractivity contribution < 1.29 is 4.79 Å². The van der Waals surface area contributed by atoms with Crippen LogP contribution in [0.15, 0.2) is 12.7 Å². The van der Waals surface area contributed by atoms with Crippen molar-refractivity contribution in [3.63, 3.8) is 0 Å². The van der Waals surface area contributed by atoms with Gasteiger partial charge in [0.2, 0.25) is 0 Å². The van der Waals surface area contributed by atoms with Gasteiger partial charge in [0.05, 0.1) is 6.54 Å². The molecule has 2 nitrogen and oxygen atoms in total.